The van der Waals surface area contributed by atoms with E-state index in [1.54, 1.807) is 11.8 Å². The Labute approximate surface area is 256 Å². The minimum absolute atomic E-state index is 0.0709. The summed E-state index contributed by atoms with van der Waals surface area (Å²) in [6.45, 7) is 6.20. The van der Waals surface area contributed by atoms with Gasteiger partial charge in [-0.25, -0.2) is 0 Å². The lowest BCUT2D eigenvalue weighted by Crippen LogP contribution is -2.55. The van der Waals surface area contributed by atoms with E-state index >= 15 is 0 Å². The molecule has 1 unspecified atom stereocenters. The number of carbonyl (C=O) groups excluding carboxylic acids is 2. The number of benzene rings is 2. The van der Waals surface area contributed by atoms with Crippen LogP contribution in [-0.2, 0) is 16.0 Å². The molecule has 0 N–H and O–H groups in total. The highest BCUT2D eigenvalue weighted by atomic mass is 32.2. The third kappa shape index (κ3) is 9.45. The van der Waals surface area contributed by atoms with Gasteiger partial charge in [-0.3, -0.25) is 14.2 Å². The van der Waals surface area contributed by atoms with Crippen LogP contribution in [0.4, 0.5) is 0 Å². The smallest absolute Gasteiger partial charge is 0.222 e. The molecule has 0 saturated carbocycles. The van der Waals surface area contributed by atoms with Crippen LogP contribution < -0.4 is 0 Å². The molecule has 226 valence electrons. The highest BCUT2D eigenvalue weighted by Gasteiger charge is 2.29. The summed E-state index contributed by atoms with van der Waals surface area (Å²) < 4.78 is 2.13. The van der Waals surface area contributed by atoms with E-state index in [-0.39, 0.29) is 17.9 Å². The van der Waals surface area contributed by atoms with Crippen LogP contribution in [0.1, 0.15) is 89.4 Å². The monoisotopic (exact) mass is 589 g/mol. The molecule has 1 aromatic heterocycles. The van der Waals surface area contributed by atoms with Crippen LogP contribution in [0, 0.1) is 0 Å². The van der Waals surface area contributed by atoms with Crippen molar-refractivity contribution in [2.75, 3.05) is 25.4 Å². The fourth-order valence-corrected chi connectivity index (χ4v) is 6.51. The van der Waals surface area contributed by atoms with E-state index in [0.717, 1.165) is 41.7 Å². The third-order valence-electron chi connectivity index (χ3n) is 7.98. The lowest BCUT2D eigenvalue weighted by atomic mass is 10.1. The van der Waals surface area contributed by atoms with Gasteiger partial charge < -0.3 is 9.80 Å². The van der Waals surface area contributed by atoms with Crippen LogP contribution in [0.2, 0.25) is 0 Å². The molecule has 42 heavy (non-hydrogen) atoms. The Balaban J connectivity index is 1.21. The van der Waals surface area contributed by atoms with Crippen molar-refractivity contribution in [3.05, 3.63) is 72.1 Å². The topological polar surface area (TPSA) is 71.3 Å². The number of rotatable bonds is 16. The van der Waals surface area contributed by atoms with Crippen LogP contribution in [0.25, 0.3) is 5.69 Å². The van der Waals surface area contributed by atoms with Crippen LogP contribution in [0.15, 0.2) is 65.8 Å². The van der Waals surface area contributed by atoms with E-state index in [1.165, 1.54) is 37.7 Å². The second-order valence-electron chi connectivity index (χ2n) is 11.3. The average Bonchev–Trinajstić information content (AvgIpc) is 3.41. The lowest BCUT2D eigenvalue weighted by Gasteiger charge is -2.40. The van der Waals surface area contributed by atoms with E-state index < -0.39 is 0 Å². The second kappa shape index (κ2) is 17.1. The molecule has 7 nitrogen and oxygen atoms in total. The lowest BCUT2D eigenvalue weighted by molar-refractivity contribution is -0.142. The van der Waals surface area contributed by atoms with Gasteiger partial charge in [0.25, 0.3) is 0 Å². The Kier molecular flexibility index (Phi) is 12.9. The number of aromatic nitrogens is 3. The van der Waals surface area contributed by atoms with E-state index in [9.17, 15) is 9.59 Å². The van der Waals surface area contributed by atoms with Gasteiger partial charge in [-0.2, -0.15) is 0 Å². The van der Waals surface area contributed by atoms with Crippen molar-refractivity contribution in [3.8, 4) is 5.69 Å². The van der Waals surface area contributed by atoms with Gasteiger partial charge in [0.15, 0.2) is 5.16 Å². The van der Waals surface area contributed by atoms with Gasteiger partial charge in [0, 0.05) is 56.4 Å². The Bertz CT molecular complexity index is 1230. The third-order valence-corrected chi connectivity index (χ3v) is 9.00. The van der Waals surface area contributed by atoms with E-state index in [0.29, 0.717) is 38.9 Å². The number of piperazine rings is 1. The summed E-state index contributed by atoms with van der Waals surface area (Å²) >= 11 is 1.65. The first kappa shape index (κ1) is 31.8. The molecule has 3 aromatic rings. The Morgan fingerprint density at radius 2 is 1.48 bits per heavy atom. The first-order chi connectivity index (χ1) is 20.6. The van der Waals surface area contributed by atoms with Crippen LogP contribution in [0.3, 0.4) is 0 Å². The summed E-state index contributed by atoms with van der Waals surface area (Å²) in [7, 11) is 0. The van der Waals surface area contributed by atoms with E-state index in [1.807, 2.05) is 46.2 Å². The number of unbranched alkanes of at least 4 members (excludes halogenated alkanes) is 6. The van der Waals surface area contributed by atoms with Crippen LogP contribution >= 0.6 is 11.8 Å². The molecule has 0 aliphatic carbocycles. The predicted octanol–water partition coefficient (Wildman–Crippen LogP) is 6.93. The Morgan fingerprint density at radius 1 is 0.810 bits per heavy atom. The standard InChI is InChI=1S/C34H47N5O2S/c1-3-4-5-6-7-8-15-21-33(41)38-24-23-37(27-28(38)2)32(40)22-16-25-42-34-36-35-31(26-29-17-11-9-12-18-29)39(34)30-19-13-10-14-20-30/h9-14,17-20,28H,3-8,15-16,21-27H2,1-2H3. The fourth-order valence-electron chi connectivity index (χ4n) is 5.60. The molecule has 1 aliphatic rings. The van der Waals surface area contributed by atoms with E-state index in [2.05, 4.69) is 52.9 Å². The van der Waals surface area contributed by atoms with Crippen molar-refractivity contribution in [1.29, 1.82) is 0 Å². The van der Waals surface area contributed by atoms with Gasteiger partial charge in [-0.15, -0.1) is 10.2 Å². The molecular formula is C34H47N5O2S. The maximum Gasteiger partial charge on any atom is 0.222 e. The molecule has 4 rings (SSSR count). The number of carbonyl (C=O) groups is 2. The Morgan fingerprint density at radius 3 is 2.19 bits per heavy atom. The van der Waals surface area contributed by atoms with Gasteiger partial charge in [0.2, 0.25) is 11.8 Å². The maximum atomic E-state index is 13.0. The van der Waals surface area contributed by atoms with Crippen molar-refractivity contribution in [3.63, 3.8) is 0 Å². The van der Waals surface area contributed by atoms with E-state index in [4.69, 9.17) is 0 Å². The first-order valence-corrected chi connectivity index (χ1v) is 16.8. The van der Waals surface area contributed by atoms with Gasteiger partial charge in [0.1, 0.15) is 5.82 Å². The highest BCUT2D eigenvalue weighted by Crippen LogP contribution is 2.25. The largest absolute Gasteiger partial charge is 0.339 e. The maximum absolute atomic E-state index is 13.0. The zero-order chi connectivity index (χ0) is 29.6. The Hall–Kier alpha value is -3.13. The number of para-hydroxylation sites is 1. The second-order valence-corrected chi connectivity index (χ2v) is 12.4. The number of amides is 2. The molecule has 0 bridgehead atoms. The minimum Gasteiger partial charge on any atom is -0.339 e. The quantitative estimate of drug-likeness (QED) is 0.134. The van der Waals surface area contributed by atoms with Gasteiger partial charge in [0.05, 0.1) is 0 Å². The van der Waals surface area contributed by atoms with Crippen LogP contribution in [-0.4, -0.2) is 67.8 Å². The zero-order valence-electron chi connectivity index (χ0n) is 25.4. The summed E-state index contributed by atoms with van der Waals surface area (Å²) in [6, 6.07) is 20.6. The SMILES string of the molecule is CCCCCCCCCC(=O)N1CCN(C(=O)CCCSc2nnc(Cc3ccccc3)n2-c2ccccc2)CC1C. The summed E-state index contributed by atoms with van der Waals surface area (Å²) in [6.07, 6.45) is 11.1. The molecule has 0 spiro atoms. The first-order valence-electron chi connectivity index (χ1n) is 15.8. The molecule has 2 heterocycles. The number of hydrogen-bond donors (Lipinski definition) is 0. The fraction of sp³-hybridized carbons (Fsp3) is 0.529. The minimum atomic E-state index is 0.0709. The molecule has 1 atom stereocenters. The van der Waals surface area contributed by atoms with Crippen molar-refractivity contribution in [2.24, 2.45) is 0 Å². The van der Waals surface area contributed by atoms with Gasteiger partial charge in [-0.05, 0) is 37.5 Å². The van der Waals surface area contributed by atoms with Gasteiger partial charge >= 0.3 is 0 Å². The molecule has 1 aliphatic heterocycles. The predicted molar refractivity (Wildman–Crippen MR) is 171 cm³/mol. The molecule has 0 radical (unpaired) electrons. The van der Waals surface area contributed by atoms with Crippen molar-refractivity contribution in [1.82, 2.24) is 24.6 Å². The van der Waals surface area contributed by atoms with Crippen molar-refractivity contribution >= 4 is 23.6 Å². The molecule has 8 heteroatoms. The van der Waals surface area contributed by atoms with Crippen molar-refractivity contribution < 1.29 is 9.59 Å². The molecule has 2 aromatic carbocycles. The normalized spacial score (nSPS) is 15.2. The molecule has 1 saturated heterocycles. The highest BCUT2D eigenvalue weighted by molar-refractivity contribution is 7.99. The number of nitrogens with zero attached hydrogens (tertiary/aromatic N) is 5. The van der Waals surface area contributed by atoms with Crippen molar-refractivity contribution in [2.45, 2.75) is 95.7 Å². The summed E-state index contributed by atoms with van der Waals surface area (Å²) in [4.78, 5) is 29.8. The average molecular weight is 590 g/mol. The number of hydrogen-bond acceptors (Lipinski definition) is 5. The van der Waals surface area contributed by atoms with Gasteiger partial charge in [-0.1, -0.05) is 106 Å². The number of thioether (sulfide) groups is 1. The molecule has 1 fully saturated rings. The summed E-state index contributed by atoms with van der Waals surface area (Å²) in [5.41, 5.74) is 2.23. The zero-order valence-corrected chi connectivity index (χ0v) is 26.2. The summed E-state index contributed by atoms with van der Waals surface area (Å²) in [5.74, 6) is 2.11. The van der Waals surface area contributed by atoms with Crippen LogP contribution in [0.5, 0.6) is 0 Å². The summed E-state index contributed by atoms with van der Waals surface area (Å²) in [5, 5.41) is 9.89. The molecule has 2 amide bonds. The molecular weight excluding hydrogens is 542 g/mol.